The van der Waals surface area contributed by atoms with Crippen molar-refractivity contribution in [1.82, 2.24) is 20.4 Å². The van der Waals surface area contributed by atoms with E-state index in [0.29, 0.717) is 24.7 Å². The molecule has 0 aliphatic carbocycles. The molecule has 3 amide bonds. The molecular formula is C18H23N5O3. The van der Waals surface area contributed by atoms with Crippen molar-refractivity contribution in [2.24, 2.45) is 0 Å². The van der Waals surface area contributed by atoms with Crippen LogP contribution in [0.1, 0.15) is 30.6 Å². The minimum absolute atomic E-state index is 0.00862. The number of aromatic nitrogens is 2. The van der Waals surface area contributed by atoms with Crippen molar-refractivity contribution in [3.05, 3.63) is 41.5 Å². The summed E-state index contributed by atoms with van der Waals surface area (Å²) in [7, 11) is 1.66. The highest BCUT2D eigenvalue weighted by atomic mass is 16.5. The molecule has 0 radical (unpaired) electrons. The lowest BCUT2D eigenvalue weighted by molar-refractivity contribution is -0.117. The first-order valence-electron chi connectivity index (χ1n) is 8.66. The number of aryl methyl sites for hydroxylation is 2. The van der Waals surface area contributed by atoms with Gasteiger partial charge in [0.25, 0.3) is 0 Å². The van der Waals surface area contributed by atoms with Gasteiger partial charge in [0.1, 0.15) is 0 Å². The number of carbonyl (C=O) groups excluding carboxylic acids is 2. The van der Waals surface area contributed by atoms with Gasteiger partial charge in [0, 0.05) is 32.1 Å². The second-order valence-electron chi connectivity index (χ2n) is 6.51. The molecule has 0 saturated carbocycles. The molecule has 8 heteroatoms. The third-order valence-corrected chi connectivity index (χ3v) is 4.30. The summed E-state index contributed by atoms with van der Waals surface area (Å²) in [5.41, 5.74) is 1.95. The fraction of sp³-hybridized carbons (Fsp3) is 0.444. The van der Waals surface area contributed by atoms with Gasteiger partial charge >= 0.3 is 6.03 Å². The molecule has 0 spiro atoms. The average molecular weight is 357 g/mol. The molecule has 0 bridgehead atoms. The maximum Gasteiger partial charge on any atom is 0.317 e. The van der Waals surface area contributed by atoms with Crippen LogP contribution in [0.3, 0.4) is 0 Å². The largest absolute Gasteiger partial charge is 0.339 e. The van der Waals surface area contributed by atoms with Crippen molar-refractivity contribution in [2.45, 2.75) is 39.3 Å². The molecule has 0 unspecified atom stereocenters. The smallest absolute Gasteiger partial charge is 0.317 e. The Bertz CT molecular complexity index is 804. The van der Waals surface area contributed by atoms with E-state index in [0.717, 1.165) is 11.3 Å². The monoisotopic (exact) mass is 357 g/mol. The normalized spacial score (nSPS) is 16.8. The van der Waals surface area contributed by atoms with E-state index < -0.39 is 0 Å². The lowest BCUT2D eigenvalue weighted by Gasteiger charge is -2.20. The lowest BCUT2D eigenvalue weighted by Crippen LogP contribution is -2.44. The number of benzene rings is 1. The molecular weight excluding hydrogens is 334 g/mol. The Labute approximate surface area is 152 Å². The Balaban J connectivity index is 1.57. The van der Waals surface area contributed by atoms with Crippen molar-refractivity contribution in [2.75, 3.05) is 18.5 Å². The molecule has 138 valence electrons. The molecule has 1 saturated heterocycles. The topological polar surface area (TPSA) is 91.6 Å². The molecule has 1 N–H and O–H groups in total. The number of hydrogen-bond donors (Lipinski definition) is 1. The first-order valence-corrected chi connectivity index (χ1v) is 8.66. The van der Waals surface area contributed by atoms with E-state index in [1.807, 2.05) is 38.1 Å². The quantitative estimate of drug-likeness (QED) is 0.882. The van der Waals surface area contributed by atoms with Gasteiger partial charge in [-0.25, -0.2) is 4.79 Å². The van der Waals surface area contributed by atoms with E-state index >= 15 is 0 Å². The van der Waals surface area contributed by atoms with Crippen LogP contribution >= 0.6 is 0 Å². The van der Waals surface area contributed by atoms with Gasteiger partial charge in [-0.2, -0.15) is 4.98 Å². The summed E-state index contributed by atoms with van der Waals surface area (Å²) in [6.07, 6.45) is 0.942. The van der Waals surface area contributed by atoms with Gasteiger partial charge in [-0.15, -0.1) is 0 Å². The number of rotatable bonds is 5. The first kappa shape index (κ1) is 17.9. The Hall–Kier alpha value is -2.90. The van der Waals surface area contributed by atoms with Crippen LogP contribution in [0.4, 0.5) is 10.5 Å². The second kappa shape index (κ2) is 7.55. The van der Waals surface area contributed by atoms with E-state index in [9.17, 15) is 9.59 Å². The summed E-state index contributed by atoms with van der Waals surface area (Å²) in [6.45, 7) is 4.62. The van der Waals surface area contributed by atoms with Crippen LogP contribution in [0, 0.1) is 6.92 Å². The third kappa shape index (κ3) is 4.01. The van der Waals surface area contributed by atoms with Crippen LogP contribution in [-0.2, 0) is 17.8 Å². The number of amides is 3. The van der Waals surface area contributed by atoms with E-state index in [1.54, 1.807) is 11.9 Å². The van der Waals surface area contributed by atoms with Crippen molar-refractivity contribution in [1.29, 1.82) is 0 Å². The predicted octanol–water partition coefficient (Wildman–Crippen LogP) is 1.89. The summed E-state index contributed by atoms with van der Waals surface area (Å²) in [5.74, 6) is 1.02. The maximum atomic E-state index is 12.4. The third-order valence-electron chi connectivity index (χ3n) is 4.30. The second-order valence-corrected chi connectivity index (χ2v) is 6.51. The predicted molar refractivity (Wildman–Crippen MR) is 95.6 cm³/mol. The average Bonchev–Trinajstić information content (AvgIpc) is 3.21. The maximum absolute atomic E-state index is 12.4. The molecule has 1 aliphatic heterocycles. The summed E-state index contributed by atoms with van der Waals surface area (Å²) in [6, 6.07) is 7.29. The molecule has 8 nitrogen and oxygen atoms in total. The SMILES string of the molecule is CCc1nc(CN(C)C(=O)N[C@H]2CC(=O)N(c3cccc(C)c3)C2)no1. The molecule has 1 fully saturated rings. The minimum Gasteiger partial charge on any atom is -0.339 e. The highest BCUT2D eigenvalue weighted by Crippen LogP contribution is 2.22. The zero-order valence-electron chi connectivity index (χ0n) is 15.2. The van der Waals surface area contributed by atoms with E-state index in [-0.39, 0.29) is 30.9 Å². The standard InChI is InChI=1S/C18H23N5O3/c1-4-16-20-15(21-26-16)11-22(3)18(25)19-13-9-17(24)23(10-13)14-7-5-6-12(2)8-14/h5-8,13H,4,9-11H2,1-3H3,(H,19,25)/t13-/m0/s1. The molecule has 2 heterocycles. The number of carbonyl (C=O) groups is 2. The zero-order chi connectivity index (χ0) is 18.7. The van der Waals surface area contributed by atoms with Gasteiger partial charge < -0.3 is 19.6 Å². The Morgan fingerprint density at radius 1 is 1.46 bits per heavy atom. The van der Waals surface area contributed by atoms with Crippen LogP contribution in [0.15, 0.2) is 28.8 Å². The number of anilines is 1. The number of hydrogen-bond acceptors (Lipinski definition) is 5. The van der Waals surface area contributed by atoms with E-state index in [1.165, 1.54) is 4.90 Å². The Kier molecular flexibility index (Phi) is 5.20. The Morgan fingerprint density at radius 2 is 2.27 bits per heavy atom. The van der Waals surface area contributed by atoms with Crippen molar-refractivity contribution < 1.29 is 14.1 Å². The van der Waals surface area contributed by atoms with Crippen molar-refractivity contribution in [3.8, 4) is 0 Å². The molecule has 1 aromatic heterocycles. The minimum atomic E-state index is -0.267. The van der Waals surface area contributed by atoms with Crippen LogP contribution in [-0.4, -0.2) is 46.6 Å². The van der Waals surface area contributed by atoms with Crippen LogP contribution in [0.25, 0.3) is 0 Å². The van der Waals surface area contributed by atoms with Crippen LogP contribution in [0.5, 0.6) is 0 Å². The van der Waals surface area contributed by atoms with Crippen molar-refractivity contribution in [3.63, 3.8) is 0 Å². The molecule has 1 atom stereocenters. The van der Waals surface area contributed by atoms with Gasteiger partial charge in [0.15, 0.2) is 5.82 Å². The van der Waals surface area contributed by atoms with Gasteiger partial charge in [0.2, 0.25) is 11.8 Å². The molecule has 1 aliphatic rings. The highest BCUT2D eigenvalue weighted by Gasteiger charge is 2.32. The summed E-state index contributed by atoms with van der Waals surface area (Å²) in [5, 5.41) is 6.75. The fourth-order valence-corrected chi connectivity index (χ4v) is 2.92. The number of nitrogens with one attached hydrogen (secondary N) is 1. The molecule has 26 heavy (non-hydrogen) atoms. The fourth-order valence-electron chi connectivity index (χ4n) is 2.92. The van der Waals surface area contributed by atoms with Crippen molar-refractivity contribution >= 4 is 17.6 Å². The van der Waals surface area contributed by atoms with Gasteiger partial charge in [-0.1, -0.05) is 24.2 Å². The zero-order valence-corrected chi connectivity index (χ0v) is 15.2. The first-order chi connectivity index (χ1) is 12.5. The molecule has 1 aromatic carbocycles. The molecule has 3 rings (SSSR count). The van der Waals surface area contributed by atoms with E-state index in [2.05, 4.69) is 15.5 Å². The van der Waals surface area contributed by atoms with Gasteiger partial charge in [-0.3, -0.25) is 4.79 Å². The van der Waals surface area contributed by atoms with E-state index in [4.69, 9.17) is 4.52 Å². The number of nitrogens with zero attached hydrogens (tertiary/aromatic N) is 4. The van der Waals surface area contributed by atoms with Gasteiger partial charge in [-0.05, 0) is 24.6 Å². The number of urea groups is 1. The molecule has 2 aromatic rings. The summed E-state index contributed by atoms with van der Waals surface area (Å²) < 4.78 is 5.04. The van der Waals surface area contributed by atoms with Gasteiger partial charge in [0.05, 0.1) is 12.6 Å². The summed E-state index contributed by atoms with van der Waals surface area (Å²) >= 11 is 0. The van der Waals surface area contributed by atoms with Crippen LogP contribution < -0.4 is 10.2 Å². The summed E-state index contributed by atoms with van der Waals surface area (Å²) in [4.78, 5) is 32.1. The van der Waals surface area contributed by atoms with Crippen LogP contribution in [0.2, 0.25) is 0 Å². The Morgan fingerprint density at radius 3 is 2.96 bits per heavy atom. The highest BCUT2D eigenvalue weighted by molar-refractivity contribution is 5.96. The lowest BCUT2D eigenvalue weighted by atomic mass is 10.2.